The minimum absolute atomic E-state index is 0.578. The molecular weight excluding hydrogens is 275 g/mol. The maximum atomic E-state index is 6.18. The van der Waals surface area contributed by atoms with Gasteiger partial charge in [-0.25, -0.2) is 4.98 Å². The minimum atomic E-state index is 0.578. The molecule has 17 heavy (non-hydrogen) atoms. The number of aryl methyl sites for hydroxylation is 1. The van der Waals surface area contributed by atoms with Gasteiger partial charge in [-0.1, -0.05) is 36.5 Å². The fourth-order valence-corrected chi connectivity index (χ4v) is 3.10. The molecule has 0 aliphatic carbocycles. The molecule has 0 aliphatic heterocycles. The van der Waals surface area contributed by atoms with Gasteiger partial charge < -0.3 is 5.73 Å². The second-order valence-corrected chi connectivity index (χ2v) is 5.66. The van der Waals surface area contributed by atoms with Gasteiger partial charge in [0.15, 0.2) is 5.13 Å². The number of anilines is 1. The molecule has 0 aliphatic rings. The van der Waals surface area contributed by atoms with Crippen LogP contribution in [0, 0.1) is 0 Å². The molecule has 0 atom stereocenters. The monoisotopic (exact) mass is 286 g/mol. The third-order valence-electron chi connectivity index (χ3n) is 2.38. The maximum absolute atomic E-state index is 6.18. The molecule has 0 saturated heterocycles. The van der Waals surface area contributed by atoms with Gasteiger partial charge >= 0.3 is 0 Å². The van der Waals surface area contributed by atoms with Crippen LogP contribution in [-0.4, -0.2) is 4.98 Å². The number of nitrogens with zero attached hydrogens (tertiary/aromatic N) is 1. The Morgan fingerprint density at radius 1 is 1.35 bits per heavy atom. The lowest BCUT2D eigenvalue weighted by atomic mass is 10.1. The number of halogens is 2. The van der Waals surface area contributed by atoms with Gasteiger partial charge in [-0.2, -0.15) is 0 Å². The van der Waals surface area contributed by atoms with E-state index in [-0.39, 0.29) is 0 Å². The largest absolute Gasteiger partial charge is 0.375 e. The molecule has 1 heterocycles. The van der Waals surface area contributed by atoms with Gasteiger partial charge in [0.05, 0.1) is 10.7 Å². The number of rotatable bonds is 3. The summed E-state index contributed by atoms with van der Waals surface area (Å²) < 4.78 is 0. The number of hydrogen-bond acceptors (Lipinski definition) is 3. The summed E-state index contributed by atoms with van der Waals surface area (Å²) in [6, 6.07) is 5.43. The van der Waals surface area contributed by atoms with E-state index in [1.54, 1.807) is 6.07 Å². The summed E-state index contributed by atoms with van der Waals surface area (Å²) in [5.74, 6) is 0. The summed E-state index contributed by atoms with van der Waals surface area (Å²) in [5.41, 5.74) is 7.55. The number of aromatic nitrogens is 1. The molecule has 2 N–H and O–H groups in total. The molecule has 2 nitrogen and oxygen atoms in total. The van der Waals surface area contributed by atoms with Crippen LogP contribution in [0.15, 0.2) is 18.2 Å². The van der Waals surface area contributed by atoms with E-state index in [4.69, 9.17) is 28.9 Å². The molecule has 1 aromatic heterocycles. The van der Waals surface area contributed by atoms with Crippen molar-refractivity contribution in [3.05, 3.63) is 33.1 Å². The lowest BCUT2D eigenvalue weighted by Crippen LogP contribution is -1.87. The molecule has 0 bridgehead atoms. The van der Waals surface area contributed by atoms with Gasteiger partial charge in [0.2, 0.25) is 0 Å². The topological polar surface area (TPSA) is 38.9 Å². The first-order valence-corrected chi connectivity index (χ1v) is 6.89. The van der Waals surface area contributed by atoms with Gasteiger partial charge in [-0.15, -0.1) is 11.3 Å². The molecule has 1 aromatic carbocycles. The number of nitrogen functional groups attached to an aromatic ring is 1. The van der Waals surface area contributed by atoms with E-state index in [0.717, 1.165) is 24.1 Å². The first-order valence-electron chi connectivity index (χ1n) is 5.32. The molecule has 0 radical (unpaired) electrons. The Morgan fingerprint density at radius 3 is 2.76 bits per heavy atom. The van der Waals surface area contributed by atoms with E-state index >= 15 is 0 Å². The lowest BCUT2D eigenvalue weighted by molar-refractivity contribution is 0.938. The van der Waals surface area contributed by atoms with Gasteiger partial charge in [0, 0.05) is 15.5 Å². The second kappa shape index (κ2) is 5.25. The fourth-order valence-electron chi connectivity index (χ4n) is 1.66. The molecular formula is C12H12Cl2N2S. The molecule has 0 saturated carbocycles. The van der Waals surface area contributed by atoms with Gasteiger partial charge in [0.25, 0.3) is 0 Å². The third-order valence-corrected chi connectivity index (χ3v) is 3.87. The molecule has 0 spiro atoms. The van der Waals surface area contributed by atoms with Crippen LogP contribution in [0.2, 0.25) is 10.0 Å². The minimum Gasteiger partial charge on any atom is -0.375 e. The normalized spacial score (nSPS) is 10.8. The zero-order valence-electron chi connectivity index (χ0n) is 9.34. The summed E-state index contributed by atoms with van der Waals surface area (Å²) >= 11 is 13.6. The Morgan fingerprint density at radius 2 is 2.12 bits per heavy atom. The van der Waals surface area contributed by atoms with Crippen LogP contribution < -0.4 is 5.73 Å². The molecule has 2 rings (SSSR count). The molecule has 0 amide bonds. The third kappa shape index (κ3) is 2.73. The Bertz CT molecular complexity index is 537. The van der Waals surface area contributed by atoms with Crippen LogP contribution in [0.25, 0.3) is 11.3 Å². The van der Waals surface area contributed by atoms with Crippen LogP contribution in [0.1, 0.15) is 18.2 Å². The Hall–Kier alpha value is -0.770. The number of thiazole rings is 1. The van der Waals surface area contributed by atoms with Crippen molar-refractivity contribution in [3.8, 4) is 11.3 Å². The second-order valence-electron chi connectivity index (χ2n) is 3.70. The zero-order valence-corrected chi connectivity index (χ0v) is 11.7. The van der Waals surface area contributed by atoms with Gasteiger partial charge in [0.1, 0.15) is 0 Å². The summed E-state index contributed by atoms with van der Waals surface area (Å²) in [6.07, 6.45) is 2.02. The smallest absolute Gasteiger partial charge is 0.180 e. The molecule has 5 heteroatoms. The highest BCUT2D eigenvalue weighted by atomic mass is 35.5. The highest BCUT2D eigenvalue weighted by Crippen LogP contribution is 2.35. The van der Waals surface area contributed by atoms with E-state index in [1.165, 1.54) is 16.2 Å². The van der Waals surface area contributed by atoms with Crippen molar-refractivity contribution in [1.29, 1.82) is 0 Å². The number of hydrogen-bond donors (Lipinski definition) is 1. The highest BCUT2D eigenvalue weighted by molar-refractivity contribution is 7.15. The summed E-state index contributed by atoms with van der Waals surface area (Å²) in [5, 5.41) is 1.81. The number of nitrogens with two attached hydrogens (primary N) is 1. The van der Waals surface area contributed by atoms with Crippen molar-refractivity contribution >= 4 is 39.7 Å². The number of benzene rings is 1. The summed E-state index contributed by atoms with van der Waals surface area (Å²) in [7, 11) is 0. The first kappa shape index (κ1) is 12.7. The standard InChI is InChI=1S/C12H12Cl2N2S/c1-2-3-10-11(16-12(15)17-10)8-5-4-7(13)6-9(8)14/h4-6H,2-3H2,1H3,(H2,15,16). The van der Waals surface area contributed by atoms with E-state index in [2.05, 4.69) is 11.9 Å². The summed E-state index contributed by atoms with van der Waals surface area (Å²) in [6.45, 7) is 2.13. The Kier molecular flexibility index (Phi) is 3.92. The first-order chi connectivity index (χ1) is 8.11. The quantitative estimate of drug-likeness (QED) is 0.892. The van der Waals surface area contributed by atoms with Crippen LogP contribution in [0.5, 0.6) is 0 Å². The fraction of sp³-hybridized carbons (Fsp3) is 0.250. The van der Waals surface area contributed by atoms with Crippen LogP contribution >= 0.6 is 34.5 Å². The van der Waals surface area contributed by atoms with Crippen LogP contribution in [-0.2, 0) is 6.42 Å². The zero-order chi connectivity index (χ0) is 12.4. The molecule has 0 fully saturated rings. The maximum Gasteiger partial charge on any atom is 0.180 e. The SMILES string of the molecule is CCCc1sc(N)nc1-c1ccc(Cl)cc1Cl. The van der Waals surface area contributed by atoms with Crippen molar-refractivity contribution in [1.82, 2.24) is 4.98 Å². The predicted octanol–water partition coefficient (Wildman–Crippen LogP) is 4.65. The average Bonchev–Trinajstić information content (AvgIpc) is 2.60. The van der Waals surface area contributed by atoms with E-state index < -0.39 is 0 Å². The van der Waals surface area contributed by atoms with Crippen molar-refractivity contribution in [2.45, 2.75) is 19.8 Å². The molecule has 90 valence electrons. The molecule has 2 aromatic rings. The van der Waals surface area contributed by atoms with Crippen LogP contribution in [0.4, 0.5) is 5.13 Å². The Labute approximate surface area is 114 Å². The lowest BCUT2D eigenvalue weighted by Gasteiger charge is -2.04. The predicted molar refractivity (Wildman–Crippen MR) is 76.0 cm³/mol. The van der Waals surface area contributed by atoms with Crippen molar-refractivity contribution in [2.75, 3.05) is 5.73 Å². The van der Waals surface area contributed by atoms with Crippen molar-refractivity contribution in [2.24, 2.45) is 0 Å². The van der Waals surface area contributed by atoms with Gasteiger partial charge in [-0.3, -0.25) is 0 Å². The highest BCUT2D eigenvalue weighted by Gasteiger charge is 2.14. The van der Waals surface area contributed by atoms with Crippen molar-refractivity contribution in [3.63, 3.8) is 0 Å². The summed E-state index contributed by atoms with van der Waals surface area (Å²) in [4.78, 5) is 5.53. The average molecular weight is 287 g/mol. The van der Waals surface area contributed by atoms with Crippen LogP contribution in [0.3, 0.4) is 0 Å². The van der Waals surface area contributed by atoms with Gasteiger partial charge in [-0.05, 0) is 24.6 Å². The van der Waals surface area contributed by atoms with E-state index in [1.807, 2.05) is 12.1 Å². The van der Waals surface area contributed by atoms with E-state index in [0.29, 0.717) is 15.2 Å². The van der Waals surface area contributed by atoms with E-state index in [9.17, 15) is 0 Å². The van der Waals surface area contributed by atoms with Crippen molar-refractivity contribution < 1.29 is 0 Å². The molecule has 0 unspecified atom stereocenters. The Balaban J connectivity index is 2.51.